The molecule has 0 spiro atoms. The maximum absolute atomic E-state index is 12.2. The van der Waals surface area contributed by atoms with Crippen LogP contribution < -0.4 is 0 Å². The lowest BCUT2D eigenvalue weighted by Crippen LogP contribution is -2.06. The van der Waals surface area contributed by atoms with Crippen LogP contribution in [0.15, 0.2) is 20.5 Å². The standard InChI is InChI=1S/C7H6F3N3OS2.C6H6F3NS2.C5H4F3NOS.2CH4/c1-16(14,12-4-11)3-5-2-15-6(13-5)7(8,9)10;1-11-2-4-3-12-5(10-4)6(7,8)9;6-5(7,8)4-9-3(1-10)2-11-4;;/h2H,3H2,1H3;3H,2H2,1H3;2,10H,1H2;2*1H4. The molecule has 41 heavy (non-hydrogen) atoms. The van der Waals surface area contributed by atoms with Gasteiger partial charge in [0.2, 0.25) is 6.19 Å². The van der Waals surface area contributed by atoms with E-state index in [1.54, 1.807) is 0 Å². The van der Waals surface area contributed by atoms with Crippen LogP contribution in [-0.2, 0) is 46.4 Å². The van der Waals surface area contributed by atoms with Gasteiger partial charge in [-0.2, -0.15) is 56.5 Å². The van der Waals surface area contributed by atoms with Crippen LogP contribution in [0.5, 0.6) is 0 Å². The Hall–Kier alpha value is -1.99. The van der Waals surface area contributed by atoms with Gasteiger partial charge in [-0.05, 0) is 6.26 Å². The molecule has 1 unspecified atom stereocenters. The van der Waals surface area contributed by atoms with E-state index in [9.17, 15) is 43.7 Å². The molecule has 3 aromatic heterocycles. The lowest BCUT2D eigenvalue weighted by molar-refractivity contribution is -0.138. The van der Waals surface area contributed by atoms with Crippen LogP contribution >= 0.6 is 45.8 Å². The summed E-state index contributed by atoms with van der Waals surface area (Å²) >= 11 is 3.02. The van der Waals surface area contributed by atoms with Crippen molar-refractivity contribution >= 4 is 55.5 Å². The minimum atomic E-state index is -4.50. The van der Waals surface area contributed by atoms with Crippen molar-refractivity contribution in [2.75, 3.05) is 12.5 Å². The van der Waals surface area contributed by atoms with E-state index in [0.29, 0.717) is 45.5 Å². The highest BCUT2D eigenvalue weighted by Gasteiger charge is 2.36. The Morgan fingerprint density at radius 3 is 1.54 bits per heavy atom. The molecule has 0 aliphatic rings. The van der Waals surface area contributed by atoms with Crippen LogP contribution in [0.4, 0.5) is 39.5 Å². The first-order valence-corrected chi connectivity index (χ1v) is 15.7. The largest absolute Gasteiger partial charge is 0.443 e. The summed E-state index contributed by atoms with van der Waals surface area (Å²) in [4.78, 5) is 9.88. The molecule has 7 nitrogen and oxygen atoms in total. The Bertz CT molecular complexity index is 1350. The Kier molecular flexibility index (Phi) is 17.3. The summed E-state index contributed by atoms with van der Waals surface area (Å²) in [5.41, 5.74) is 0.589. The Morgan fingerprint density at radius 2 is 1.22 bits per heavy atom. The van der Waals surface area contributed by atoms with E-state index < -0.39 is 49.9 Å². The van der Waals surface area contributed by atoms with Gasteiger partial charge >= 0.3 is 18.5 Å². The van der Waals surface area contributed by atoms with Gasteiger partial charge in [0.15, 0.2) is 15.0 Å². The summed E-state index contributed by atoms with van der Waals surface area (Å²) in [6, 6.07) is 0. The van der Waals surface area contributed by atoms with Crippen molar-refractivity contribution in [1.29, 1.82) is 5.26 Å². The van der Waals surface area contributed by atoms with Crippen molar-refractivity contribution in [2.45, 2.75) is 51.5 Å². The number of hydrogen-bond donors (Lipinski definition) is 1. The van der Waals surface area contributed by atoms with E-state index in [2.05, 4.69) is 19.3 Å². The van der Waals surface area contributed by atoms with Crippen molar-refractivity contribution in [2.24, 2.45) is 4.36 Å². The van der Waals surface area contributed by atoms with Gasteiger partial charge in [0.05, 0.1) is 39.2 Å². The molecule has 234 valence electrons. The highest BCUT2D eigenvalue weighted by Crippen LogP contribution is 2.33. The average molecular weight is 698 g/mol. The molecule has 3 heterocycles. The number of nitriles is 1. The van der Waals surface area contributed by atoms with Crippen molar-refractivity contribution in [3.05, 3.63) is 48.2 Å². The lowest BCUT2D eigenvalue weighted by Gasteiger charge is -2.00. The average Bonchev–Trinajstić information content (AvgIpc) is 3.54. The molecule has 0 amide bonds. The smallest absolute Gasteiger partial charge is 0.390 e. The SMILES string of the molecule is C.C.CS(=O)(Cc1csc(C(F)(F)F)n1)=NC#N.CSCc1csc(C(F)(F)F)n1.OCc1csc(C(F)(F)F)n1. The molecule has 21 heteroatoms. The van der Waals surface area contributed by atoms with Crippen molar-refractivity contribution < 1.29 is 48.8 Å². The van der Waals surface area contributed by atoms with Crippen LogP contribution in [0.1, 0.15) is 47.0 Å². The quantitative estimate of drug-likeness (QED) is 0.211. The van der Waals surface area contributed by atoms with Crippen molar-refractivity contribution in [3.63, 3.8) is 0 Å². The molecule has 0 fully saturated rings. The van der Waals surface area contributed by atoms with Gasteiger partial charge in [-0.3, -0.25) is 0 Å². The molecule has 0 aromatic carbocycles. The van der Waals surface area contributed by atoms with Crippen LogP contribution in [0, 0.1) is 11.5 Å². The number of thiazole rings is 3. The molecule has 0 aliphatic carbocycles. The summed E-state index contributed by atoms with van der Waals surface area (Å²) in [7, 11) is -2.83. The fraction of sp³-hybridized carbons (Fsp3) is 0.500. The number of alkyl halides is 9. The zero-order chi connectivity index (χ0) is 30.1. The number of aliphatic hydroxyl groups is 1. The van der Waals surface area contributed by atoms with E-state index in [1.807, 2.05) is 6.26 Å². The van der Waals surface area contributed by atoms with Crippen molar-refractivity contribution in [1.82, 2.24) is 15.0 Å². The zero-order valence-corrected chi connectivity index (χ0v) is 23.5. The van der Waals surface area contributed by atoms with E-state index in [4.69, 9.17) is 10.4 Å². The van der Waals surface area contributed by atoms with E-state index in [0.717, 1.165) is 0 Å². The zero-order valence-electron chi connectivity index (χ0n) is 19.4. The van der Waals surface area contributed by atoms with E-state index >= 15 is 0 Å². The Balaban J connectivity index is 0. The minimum absolute atomic E-state index is 0. The van der Waals surface area contributed by atoms with Gasteiger partial charge < -0.3 is 5.11 Å². The van der Waals surface area contributed by atoms with E-state index in [-0.39, 0.29) is 32.0 Å². The van der Waals surface area contributed by atoms with Gasteiger partial charge in [-0.25, -0.2) is 19.2 Å². The first-order chi connectivity index (χ1) is 17.8. The van der Waals surface area contributed by atoms with Crippen LogP contribution in [-0.4, -0.2) is 36.8 Å². The molecule has 1 N–H and O–H groups in total. The molecular formula is C20H24F9N5O2S5. The van der Waals surface area contributed by atoms with Crippen LogP contribution in [0.25, 0.3) is 0 Å². The van der Waals surface area contributed by atoms with Gasteiger partial charge in [0, 0.05) is 28.1 Å². The third-order valence-corrected chi connectivity index (χ3v) is 8.18. The molecule has 3 rings (SSSR count). The number of nitrogens with zero attached hydrogens (tertiary/aromatic N) is 5. The second kappa shape index (κ2) is 17.2. The predicted molar refractivity (Wildman–Crippen MR) is 144 cm³/mol. The third kappa shape index (κ3) is 15.2. The topological polar surface area (TPSA) is 112 Å². The summed E-state index contributed by atoms with van der Waals surface area (Å²) in [6.45, 7) is -0.452. The summed E-state index contributed by atoms with van der Waals surface area (Å²) in [5, 5.41) is 17.7. The maximum atomic E-state index is 12.2. The second-order valence-electron chi connectivity index (χ2n) is 6.81. The van der Waals surface area contributed by atoms with Gasteiger partial charge in [-0.15, -0.1) is 38.4 Å². The molecule has 0 saturated carbocycles. The highest BCUT2D eigenvalue weighted by molar-refractivity contribution is 7.97. The molecule has 0 aliphatic heterocycles. The van der Waals surface area contributed by atoms with Crippen LogP contribution in [0.3, 0.4) is 0 Å². The summed E-state index contributed by atoms with van der Waals surface area (Å²) in [6.07, 6.45) is -8.79. The number of aromatic nitrogens is 3. The molecular weight excluding hydrogens is 674 g/mol. The summed E-state index contributed by atoms with van der Waals surface area (Å²) < 4.78 is 123. The number of thioether (sulfide) groups is 1. The molecule has 3 aromatic rings. The molecule has 0 radical (unpaired) electrons. The fourth-order valence-electron chi connectivity index (χ4n) is 2.06. The Labute approximate surface area is 246 Å². The highest BCUT2D eigenvalue weighted by atomic mass is 32.2. The summed E-state index contributed by atoms with van der Waals surface area (Å²) in [5.74, 6) is 0.277. The predicted octanol–water partition coefficient (Wildman–Crippen LogP) is 8.19. The van der Waals surface area contributed by atoms with E-state index in [1.165, 1.54) is 40.4 Å². The molecule has 0 saturated heterocycles. The first-order valence-electron chi connectivity index (χ1n) is 9.55. The number of halogens is 9. The minimum Gasteiger partial charge on any atom is -0.390 e. The van der Waals surface area contributed by atoms with Crippen molar-refractivity contribution in [3.8, 4) is 6.19 Å². The number of rotatable bonds is 5. The van der Waals surface area contributed by atoms with Gasteiger partial charge in [0.25, 0.3) is 0 Å². The maximum Gasteiger partial charge on any atom is 0.443 e. The van der Waals surface area contributed by atoms with Gasteiger partial charge in [-0.1, -0.05) is 14.9 Å². The number of aliphatic hydroxyl groups excluding tert-OH is 1. The lowest BCUT2D eigenvalue weighted by atomic mass is 10.5. The molecule has 0 bridgehead atoms. The fourth-order valence-corrected chi connectivity index (χ4v) is 5.70. The van der Waals surface area contributed by atoms with Gasteiger partial charge in [0.1, 0.15) is 0 Å². The monoisotopic (exact) mass is 697 g/mol. The Morgan fingerprint density at radius 1 is 0.854 bits per heavy atom. The third-order valence-electron chi connectivity index (χ3n) is 3.49. The number of hydrogen-bond acceptors (Lipinski definition) is 11. The van der Waals surface area contributed by atoms with Crippen LogP contribution in [0.2, 0.25) is 0 Å². The normalized spacial score (nSPS) is 12.7. The molecule has 1 atom stereocenters. The second-order valence-corrected chi connectivity index (χ2v) is 12.6. The first kappa shape index (κ1) is 41.1.